The van der Waals surface area contributed by atoms with Gasteiger partial charge in [-0.25, -0.2) is 9.97 Å². The van der Waals surface area contributed by atoms with Crippen molar-refractivity contribution in [3.63, 3.8) is 0 Å². The van der Waals surface area contributed by atoms with E-state index < -0.39 is 0 Å². The SMILES string of the molecule is CC(Nc1nc(-c2ccncc2)nc2c1CCC2)C1CCC1. The molecule has 2 aromatic rings. The van der Waals surface area contributed by atoms with Gasteiger partial charge >= 0.3 is 0 Å². The molecule has 0 spiro atoms. The van der Waals surface area contributed by atoms with Gasteiger partial charge in [0.05, 0.1) is 0 Å². The summed E-state index contributed by atoms with van der Waals surface area (Å²) in [4.78, 5) is 13.7. The molecule has 0 aromatic carbocycles. The highest BCUT2D eigenvalue weighted by Crippen LogP contribution is 2.34. The Balaban J connectivity index is 1.68. The third-order valence-corrected chi connectivity index (χ3v) is 5.09. The molecule has 2 aromatic heterocycles. The first-order valence-electron chi connectivity index (χ1n) is 8.38. The lowest BCUT2D eigenvalue weighted by molar-refractivity contribution is 0.285. The van der Waals surface area contributed by atoms with E-state index in [1.54, 1.807) is 12.4 Å². The quantitative estimate of drug-likeness (QED) is 0.935. The van der Waals surface area contributed by atoms with Crippen molar-refractivity contribution in [3.05, 3.63) is 35.8 Å². The van der Waals surface area contributed by atoms with Crippen molar-refractivity contribution >= 4 is 5.82 Å². The molecule has 0 amide bonds. The molecule has 22 heavy (non-hydrogen) atoms. The first kappa shape index (κ1) is 13.7. The summed E-state index contributed by atoms with van der Waals surface area (Å²) in [6.45, 7) is 2.29. The maximum absolute atomic E-state index is 4.85. The van der Waals surface area contributed by atoms with Gasteiger partial charge in [0.2, 0.25) is 0 Å². The van der Waals surface area contributed by atoms with E-state index in [4.69, 9.17) is 9.97 Å². The van der Waals surface area contributed by atoms with E-state index in [9.17, 15) is 0 Å². The smallest absolute Gasteiger partial charge is 0.161 e. The predicted octanol–water partition coefficient (Wildman–Crippen LogP) is 3.63. The molecule has 1 atom stereocenters. The predicted molar refractivity (Wildman–Crippen MR) is 87.7 cm³/mol. The van der Waals surface area contributed by atoms with Crippen LogP contribution in [0.4, 0.5) is 5.82 Å². The van der Waals surface area contributed by atoms with Crippen molar-refractivity contribution in [2.75, 3.05) is 5.32 Å². The molecule has 1 unspecified atom stereocenters. The number of hydrogen-bond acceptors (Lipinski definition) is 4. The van der Waals surface area contributed by atoms with Crippen LogP contribution in [-0.4, -0.2) is 21.0 Å². The summed E-state index contributed by atoms with van der Waals surface area (Å²) in [6.07, 6.45) is 11.0. The Bertz CT molecular complexity index is 664. The summed E-state index contributed by atoms with van der Waals surface area (Å²) >= 11 is 0. The molecule has 1 fully saturated rings. The fraction of sp³-hybridized carbons (Fsp3) is 0.500. The van der Waals surface area contributed by atoms with Gasteiger partial charge in [-0.3, -0.25) is 4.98 Å². The number of pyridine rings is 1. The fourth-order valence-corrected chi connectivity index (χ4v) is 3.46. The zero-order chi connectivity index (χ0) is 14.9. The molecule has 2 aliphatic rings. The maximum Gasteiger partial charge on any atom is 0.161 e. The van der Waals surface area contributed by atoms with Crippen molar-refractivity contribution in [1.29, 1.82) is 0 Å². The molecule has 4 heteroatoms. The molecule has 4 nitrogen and oxygen atoms in total. The minimum absolute atomic E-state index is 0.499. The highest BCUT2D eigenvalue weighted by Gasteiger charge is 2.26. The maximum atomic E-state index is 4.85. The Labute approximate surface area is 131 Å². The largest absolute Gasteiger partial charge is 0.367 e. The summed E-state index contributed by atoms with van der Waals surface area (Å²) in [5.74, 6) is 2.69. The van der Waals surface area contributed by atoms with Crippen LogP contribution in [0.25, 0.3) is 11.4 Å². The van der Waals surface area contributed by atoms with Gasteiger partial charge in [0, 0.05) is 35.3 Å². The molecule has 0 bridgehead atoms. The van der Waals surface area contributed by atoms with Gasteiger partial charge in [-0.05, 0) is 57.1 Å². The van der Waals surface area contributed by atoms with Gasteiger partial charge in [-0.1, -0.05) is 6.42 Å². The summed E-state index contributed by atoms with van der Waals surface area (Å²) in [5, 5.41) is 3.69. The average Bonchev–Trinajstić information content (AvgIpc) is 2.95. The Morgan fingerprint density at radius 2 is 1.91 bits per heavy atom. The molecule has 1 saturated carbocycles. The standard InChI is InChI=1S/C18H22N4/c1-12(13-4-2-5-13)20-18-15-6-3-7-16(15)21-17(22-18)14-8-10-19-11-9-14/h8-13H,2-7H2,1H3,(H,20,21,22). The average molecular weight is 294 g/mol. The van der Waals surface area contributed by atoms with E-state index in [2.05, 4.69) is 17.2 Å². The monoisotopic (exact) mass is 294 g/mol. The molecule has 0 aliphatic heterocycles. The van der Waals surface area contributed by atoms with Crippen LogP contribution in [0.3, 0.4) is 0 Å². The summed E-state index contributed by atoms with van der Waals surface area (Å²) in [6, 6.07) is 4.46. The lowest BCUT2D eigenvalue weighted by atomic mass is 9.80. The molecule has 1 N–H and O–H groups in total. The zero-order valence-electron chi connectivity index (χ0n) is 13.0. The molecule has 0 saturated heterocycles. The van der Waals surface area contributed by atoms with Crippen molar-refractivity contribution in [2.45, 2.75) is 51.5 Å². The lowest BCUT2D eigenvalue weighted by Gasteiger charge is -2.32. The molecule has 2 heterocycles. The number of aromatic nitrogens is 3. The van der Waals surface area contributed by atoms with Gasteiger partial charge in [-0.15, -0.1) is 0 Å². The molecule has 0 radical (unpaired) electrons. The second kappa shape index (κ2) is 5.67. The topological polar surface area (TPSA) is 50.7 Å². The van der Waals surface area contributed by atoms with E-state index in [0.29, 0.717) is 6.04 Å². The minimum Gasteiger partial charge on any atom is -0.367 e. The molecular weight excluding hydrogens is 272 g/mol. The van der Waals surface area contributed by atoms with Crippen LogP contribution < -0.4 is 5.32 Å². The van der Waals surface area contributed by atoms with Crippen molar-refractivity contribution in [1.82, 2.24) is 15.0 Å². The highest BCUT2D eigenvalue weighted by molar-refractivity contribution is 5.60. The summed E-state index contributed by atoms with van der Waals surface area (Å²) < 4.78 is 0. The van der Waals surface area contributed by atoms with Crippen LogP contribution in [-0.2, 0) is 12.8 Å². The van der Waals surface area contributed by atoms with Crippen LogP contribution in [0.1, 0.15) is 43.9 Å². The number of anilines is 1. The summed E-state index contributed by atoms with van der Waals surface area (Å²) in [7, 11) is 0. The van der Waals surface area contributed by atoms with Crippen LogP contribution in [0.15, 0.2) is 24.5 Å². The van der Waals surface area contributed by atoms with Crippen molar-refractivity contribution in [2.24, 2.45) is 5.92 Å². The molecule has 4 rings (SSSR count). The van der Waals surface area contributed by atoms with E-state index >= 15 is 0 Å². The number of aryl methyl sites for hydroxylation is 1. The van der Waals surface area contributed by atoms with Crippen LogP contribution in [0, 0.1) is 5.92 Å². The number of fused-ring (bicyclic) bond motifs is 1. The van der Waals surface area contributed by atoms with E-state index in [0.717, 1.165) is 36.0 Å². The van der Waals surface area contributed by atoms with Crippen LogP contribution >= 0.6 is 0 Å². The van der Waals surface area contributed by atoms with Gasteiger partial charge in [0.1, 0.15) is 5.82 Å². The first-order chi connectivity index (χ1) is 10.8. The first-order valence-corrected chi connectivity index (χ1v) is 8.38. The zero-order valence-corrected chi connectivity index (χ0v) is 13.0. The third-order valence-electron chi connectivity index (χ3n) is 5.09. The van der Waals surface area contributed by atoms with Crippen LogP contribution in [0.5, 0.6) is 0 Å². The Morgan fingerprint density at radius 3 is 2.64 bits per heavy atom. The normalized spacial score (nSPS) is 18.6. The van der Waals surface area contributed by atoms with Crippen LogP contribution in [0.2, 0.25) is 0 Å². The molecule has 2 aliphatic carbocycles. The van der Waals surface area contributed by atoms with Gasteiger partial charge in [-0.2, -0.15) is 0 Å². The minimum atomic E-state index is 0.499. The molecular formula is C18H22N4. The second-order valence-corrected chi connectivity index (χ2v) is 6.53. The number of rotatable bonds is 4. The highest BCUT2D eigenvalue weighted by atomic mass is 15.1. The van der Waals surface area contributed by atoms with E-state index in [-0.39, 0.29) is 0 Å². The number of hydrogen-bond donors (Lipinski definition) is 1. The second-order valence-electron chi connectivity index (χ2n) is 6.53. The van der Waals surface area contributed by atoms with Gasteiger partial charge in [0.25, 0.3) is 0 Å². The Kier molecular flexibility index (Phi) is 3.53. The van der Waals surface area contributed by atoms with Crippen molar-refractivity contribution < 1.29 is 0 Å². The Hall–Kier alpha value is -1.97. The van der Waals surface area contributed by atoms with E-state index in [1.165, 1.54) is 36.9 Å². The lowest BCUT2D eigenvalue weighted by Crippen LogP contribution is -2.31. The van der Waals surface area contributed by atoms with Gasteiger partial charge in [0.15, 0.2) is 5.82 Å². The van der Waals surface area contributed by atoms with E-state index in [1.807, 2.05) is 12.1 Å². The number of nitrogens with one attached hydrogen (secondary N) is 1. The van der Waals surface area contributed by atoms with Gasteiger partial charge < -0.3 is 5.32 Å². The summed E-state index contributed by atoms with van der Waals surface area (Å²) in [5.41, 5.74) is 3.61. The Morgan fingerprint density at radius 1 is 1.09 bits per heavy atom. The fourth-order valence-electron chi connectivity index (χ4n) is 3.46. The third kappa shape index (κ3) is 2.47. The number of nitrogens with zero attached hydrogens (tertiary/aromatic N) is 3. The van der Waals surface area contributed by atoms with Crippen molar-refractivity contribution in [3.8, 4) is 11.4 Å². The molecule has 114 valence electrons.